The summed E-state index contributed by atoms with van der Waals surface area (Å²) in [6.07, 6.45) is 1.17. The first-order valence-electron chi connectivity index (χ1n) is 5.65. The third-order valence-corrected chi connectivity index (χ3v) is 2.45. The van der Waals surface area contributed by atoms with Crippen LogP contribution in [0.3, 0.4) is 0 Å². The van der Waals surface area contributed by atoms with Crippen molar-refractivity contribution in [1.82, 2.24) is 14.8 Å². The Hall–Kier alpha value is -2.95. The Kier molecular flexibility index (Phi) is 3.61. The van der Waals surface area contributed by atoms with Gasteiger partial charge in [0.05, 0.1) is 12.2 Å². The molecule has 102 valence electrons. The molecule has 0 unspecified atom stereocenters. The molecule has 0 bridgehead atoms. The van der Waals surface area contributed by atoms with Gasteiger partial charge in [-0.15, -0.1) is 5.10 Å². The Labute approximate surface area is 113 Å². The molecule has 0 amide bonds. The summed E-state index contributed by atoms with van der Waals surface area (Å²) in [5.74, 6) is -1.46. The largest absolute Gasteiger partial charge is 0.462 e. The number of aromatic nitrogens is 3. The average molecular weight is 275 g/mol. The number of nitrogens with two attached hydrogens (primary N) is 1. The quantitative estimate of drug-likeness (QED) is 0.662. The second-order valence-corrected chi connectivity index (χ2v) is 3.74. The molecule has 0 aliphatic rings. The Balaban J connectivity index is 2.51. The van der Waals surface area contributed by atoms with Gasteiger partial charge >= 0.3 is 5.97 Å². The SMILES string of the molecule is CCOC(=O)c1cc(-n2cnc(C#N)n2)c(F)cc1N. The molecule has 0 saturated heterocycles. The predicted octanol–water partition coefficient (Wildman–Crippen LogP) is 1.04. The Morgan fingerprint density at radius 3 is 2.95 bits per heavy atom. The van der Waals surface area contributed by atoms with Crippen molar-refractivity contribution in [2.45, 2.75) is 6.92 Å². The van der Waals surface area contributed by atoms with Gasteiger partial charge in [0.1, 0.15) is 18.1 Å². The van der Waals surface area contributed by atoms with E-state index in [0.717, 1.165) is 10.7 Å². The molecule has 2 N–H and O–H groups in total. The maximum absolute atomic E-state index is 13.9. The lowest BCUT2D eigenvalue weighted by Gasteiger charge is -2.09. The van der Waals surface area contributed by atoms with Crippen molar-refractivity contribution in [2.75, 3.05) is 12.3 Å². The first-order chi connectivity index (χ1) is 9.56. The summed E-state index contributed by atoms with van der Waals surface area (Å²) >= 11 is 0. The molecular formula is C12H10FN5O2. The topological polar surface area (TPSA) is 107 Å². The highest BCUT2D eigenvalue weighted by molar-refractivity contribution is 5.95. The third kappa shape index (κ3) is 2.42. The highest BCUT2D eigenvalue weighted by atomic mass is 19.1. The molecule has 1 aromatic heterocycles. The first kappa shape index (κ1) is 13.5. The van der Waals surface area contributed by atoms with Crippen LogP contribution in [0.5, 0.6) is 0 Å². The van der Waals surface area contributed by atoms with Gasteiger partial charge in [-0.05, 0) is 19.1 Å². The fraction of sp³-hybridized carbons (Fsp3) is 0.167. The molecule has 8 heteroatoms. The summed E-state index contributed by atoms with van der Waals surface area (Å²) in [6.45, 7) is 1.82. The molecule has 0 fully saturated rings. The van der Waals surface area contributed by atoms with E-state index in [0.29, 0.717) is 0 Å². The molecule has 7 nitrogen and oxygen atoms in total. The van der Waals surface area contributed by atoms with Crippen LogP contribution in [-0.4, -0.2) is 27.3 Å². The van der Waals surface area contributed by atoms with Gasteiger partial charge < -0.3 is 10.5 Å². The Bertz CT molecular complexity index is 704. The van der Waals surface area contributed by atoms with Gasteiger partial charge in [0.15, 0.2) is 5.82 Å². The summed E-state index contributed by atoms with van der Waals surface area (Å²) in [6, 6.07) is 3.93. The number of hydrogen-bond donors (Lipinski definition) is 1. The van der Waals surface area contributed by atoms with Crippen LogP contribution in [0.25, 0.3) is 5.69 Å². The molecular weight excluding hydrogens is 265 g/mol. The van der Waals surface area contributed by atoms with Crippen LogP contribution in [0, 0.1) is 17.1 Å². The van der Waals surface area contributed by atoms with Crippen LogP contribution in [0.15, 0.2) is 18.5 Å². The zero-order valence-electron chi connectivity index (χ0n) is 10.5. The Morgan fingerprint density at radius 1 is 1.60 bits per heavy atom. The van der Waals surface area contributed by atoms with Gasteiger partial charge in [-0.2, -0.15) is 5.26 Å². The second kappa shape index (κ2) is 5.36. The number of halogens is 1. The number of nitrogen functional groups attached to an aromatic ring is 1. The molecule has 0 atom stereocenters. The lowest BCUT2D eigenvalue weighted by molar-refractivity contribution is 0.0527. The molecule has 2 rings (SSSR count). The summed E-state index contributed by atoms with van der Waals surface area (Å²) < 4.78 is 19.8. The smallest absolute Gasteiger partial charge is 0.340 e. The molecule has 2 aromatic rings. The predicted molar refractivity (Wildman–Crippen MR) is 66.4 cm³/mol. The monoisotopic (exact) mass is 275 g/mol. The van der Waals surface area contributed by atoms with E-state index in [1.54, 1.807) is 13.0 Å². The van der Waals surface area contributed by atoms with Crippen molar-refractivity contribution < 1.29 is 13.9 Å². The average Bonchev–Trinajstić information content (AvgIpc) is 2.87. The summed E-state index contributed by atoms with van der Waals surface area (Å²) in [5.41, 5.74) is 5.54. The second-order valence-electron chi connectivity index (χ2n) is 3.74. The lowest BCUT2D eigenvalue weighted by Crippen LogP contribution is -2.11. The van der Waals surface area contributed by atoms with Crippen LogP contribution in [0.2, 0.25) is 0 Å². The minimum absolute atomic E-state index is 0.0252. The number of esters is 1. The molecule has 1 heterocycles. The van der Waals surface area contributed by atoms with Gasteiger partial charge in [0, 0.05) is 5.69 Å². The van der Waals surface area contributed by atoms with Gasteiger partial charge in [0.25, 0.3) is 5.82 Å². The maximum Gasteiger partial charge on any atom is 0.340 e. The number of nitriles is 1. The van der Waals surface area contributed by atoms with Gasteiger partial charge in [-0.3, -0.25) is 0 Å². The number of ether oxygens (including phenoxy) is 1. The number of carbonyl (C=O) groups excluding carboxylic acids is 1. The molecule has 20 heavy (non-hydrogen) atoms. The van der Waals surface area contributed by atoms with Gasteiger partial charge in [0.2, 0.25) is 0 Å². The van der Waals surface area contributed by atoms with E-state index in [-0.39, 0.29) is 29.4 Å². The van der Waals surface area contributed by atoms with Crippen LogP contribution < -0.4 is 5.73 Å². The number of nitrogens with zero attached hydrogens (tertiary/aromatic N) is 4. The number of benzene rings is 1. The number of rotatable bonds is 3. The van der Waals surface area contributed by atoms with Crippen molar-refractivity contribution >= 4 is 11.7 Å². The van der Waals surface area contributed by atoms with E-state index in [1.807, 2.05) is 0 Å². The van der Waals surface area contributed by atoms with Crippen LogP contribution in [0.4, 0.5) is 10.1 Å². The van der Waals surface area contributed by atoms with Gasteiger partial charge in [-0.25, -0.2) is 18.9 Å². The van der Waals surface area contributed by atoms with Crippen LogP contribution >= 0.6 is 0 Å². The molecule has 0 spiro atoms. The van der Waals surface area contributed by atoms with Crippen molar-refractivity contribution in [3.8, 4) is 11.8 Å². The number of anilines is 1. The van der Waals surface area contributed by atoms with Crippen molar-refractivity contribution in [1.29, 1.82) is 5.26 Å². The van der Waals surface area contributed by atoms with Crippen LogP contribution in [-0.2, 0) is 4.74 Å². The lowest BCUT2D eigenvalue weighted by atomic mass is 10.1. The van der Waals surface area contributed by atoms with E-state index < -0.39 is 11.8 Å². The molecule has 0 aliphatic heterocycles. The highest BCUT2D eigenvalue weighted by Crippen LogP contribution is 2.21. The minimum Gasteiger partial charge on any atom is -0.462 e. The van der Waals surface area contributed by atoms with E-state index >= 15 is 0 Å². The van der Waals surface area contributed by atoms with Crippen molar-refractivity contribution in [3.05, 3.63) is 35.7 Å². The Morgan fingerprint density at radius 2 is 2.35 bits per heavy atom. The summed E-state index contributed by atoms with van der Waals surface area (Å²) in [5, 5.41) is 12.4. The molecule has 0 radical (unpaired) electrons. The van der Waals surface area contributed by atoms with E-state index in [4.69, 9.17) is 15.7 Å². The van der Waals surface area contributed by atoms with Gasteiger partial charge in [-0.1, -0.05) is 0 Å². The minimum atomic E-state index is -0.690. The molecule has 1 aromatic carbocycles. The van der Waals surface area contributed by atoms with Crippen LogP contribution in [0.1, 0.15) is 23.1 Å². The van der Waals surface area contributed by atoms with E-state index in [9.17, 15) is 9.18 Å². The first-order valence-corrected chi connectivity index (χ1v) is 5.65. The fourth-order valence-electron chi connectivity index (χ4n) is 1.57. The number of carbonyl (C=O) groups is 1. The standard InChI is InChI=1S/C12H10FN5O2/c1-2-20-12(19)7-3-10(8(13)4-9(7)15)18-6-16-11(5-14)17-18/h3-4,6H,2,15H2,1H3. The van der Waals surface area contributed by atoms with Crippen molar-refractivity contribution in [2.24, 2.45) is 0 Å². The maximum atomic E-state index is 13.9. The van der Waals surface area contributed by atoms with Crippen molar-refractivity contribution in [3.63, 3.8) is 0 Å². The zero-order valence-corrected chi connectivity index (χ0v) is 10.5. The summed E-state index contributed by atoms with van der Waals surface area (Å²) in [7, 11) is 0. The number of hydrogen-bond acceptors (Lipinski definition) is 6. The fourth-order valence-corrected chi connectivity index (χ4v) is 1.57. The third-order valence-electron chi connectivity index (χ3n) is 2.45. The zero-order chi connectivity index (χ0) is 14.7. The van der Waals surface area contributed by atoms with E-state index in [2.05, 4.69) is 10.1 Å². The highest BCUT2D eigenvalue weighted by Gasteiger charge is 2.17. The molecule has 0 aliphatic carbocycles. The summed E-state index contributed by atoms with van der Waals surface area (Å²) in [4.78, 5) is 15.4. The molecule has 0 saturated carbocycles. The normalized spacial score (nSPS) is 10.1. The van der Waals surface area contributed by atoms with E-state index in [1.165, 1.54) is 12.4 Å².